The van der Waals surface area contributed by atoms with Crippen molar-refractivity contribution in [1.82, 2.24) is 10.5 Å². The molecule has 0 aliphatic rings. The fourth-order valence-corrected chi connectivity index (χ4v) is 2.96. The number of hydrogen-bond donors (Lipinski definition) is 3. The van der Waals surface area contributed by atoms with Crippen LogP contribution in [0.15, 0.2) is 40.9 Å². The largest absolute Gasteiger partial charge is 0.380 e. The molecule has 0 radical (unpaired) electrons. The molecular weight excluding hydrogens is 364 g/mol. The monoisotopic (exact) mass is 390 g/mol. The lowest BCUT2D eigenvalue weighted by molar-refractivity contribution is -0.118. The van der Waals surface area contributed by atoms with Gasteiger partial charge in [-0.2, -0.15) is 0 Å². The van der Waals surface area contributed by atoms with E-state index in [0.29, 0.717) is 24.0 Å². The molecule has 1 heterocycles. The second-order valence-corrected chi connectivity index (χ2v) is 7.51. The van der Waals surface area contributed by atoms with E-state index < -0.39 is 0 Å². The molecule has 1 atom stereocenters. The number of aromatic nitrogens is 1. The number of hydrogen-bond acceptors (Lipinski definition) is 6. The molecule has 0 fully saturated rings. The maximum Gasteiger partial charge on any atom is 0.235 e. The molecule has 146 valence electrons. The Bertz CT molecular complexity index is 734. The molecule has 0 bridgehead atoms. The Hall–Kier alpha value is -2.48. The van der Waals surface area contributed by atoms with Crippen molar-refractivity contribution in [2.75, 3.05) is 28.7 Å². The van der Waals surface area contributed by atoms with Crippen molar-refractivity contribution < 1.29 is 14.1 Å². The molecule has 0 spiro atoms. The van der Waals surface area contributed by atoms with Crippen molar-refractivity contribution in [3.8, 4) is 0 Å². The summed E-state index contributed by atoms with van der Waals surface area (Å²) in [5.41, 5.74) is 1.03. The standard InChI is InChI=1S/C19H26N4O3S/c1-13(2)16(21-15-7-5-4-6-8-15)10-20-18(24)11-27-12-19(25)22-17-9-14(3)26-23-17/h4-9,13,16,21H,10-12H2,1-3H3,(H,20,24)(H,22,23,25). The molecule has 1 unspecified atom stereocenters. The number of nitrogens with zero attached hydrogens (tertiary/aromatic N) is 1. The molecular formula is C19H26N4O3S. The van der Waals surface area contributed by atoms with Crippen molar-refractivity contribution in [1.29, 1.82) is 0 Å². The second kappa shape index (κ2) is 10.6. The van der Waals surface area contributed by atoms with Crippen LogP contribution in [0, 0.1) is 12.8 Å². The van der Waals surface area contributed by atoms with Crippen LogP contribution in [-0.4, -0.2) is 41.1 Å². The first-order chi connectivity index (χ1) is 12.9. The highest BCUT2D eigenvalue weighted by molar-refractivity contribution is 8.00. The van der Waals surface area contributed by atoms with Crippen LogP contribution in [0.5, 0.6) is 0 Å². The van der Waals surface area contributed by atoms with Crippen molar-refractivity contribution in [2.45, 2.75) is 26.8 Å². The van der Waals surface area contributed by atoms with Gasteiger partial charge in [-0.25, -0.2) is 0 Å². The van der Waals surface area contributed by atoms with E-state index in [0.717, 1.165) is 5.69 Å². The smallest absolute Gasteiger partial charge is 0.235 e. The van der Waals surface area contributed by atoms with E-state index in [1.807, 2.05) is 30.3 Å². The normalized spacial score (nSPS) is 11.9. The van der Waals surface area contributed by atoms with Gasteiger partial charge in [-0.15, -0.1) is 11.8 Å². The summed E-state index contributed by atoms with van der Waals surface area (Å²) >= 11 is 1.26. The highest BCUT2D eigenvalue weighted by atomic mass is 32.2. The summed E-state index contributed by atoms with van der Waals surface area (Å²) in [6, 6.07) is 11.7. The van der Waals surface area contributed by atoms with Crippen LogP contribution in [0.25, 0.3) is 0 Å². The van der Waals surface area contributed by atoms with E-state index in [9.17, 15) is 9.59 Å². The van der Waals surface area contributed by atoms with Gasteiger partial charge in [0.25, 0.3) is 0 Å². The number of carbonyl (C=O) groups excluding carboxylic acids is 2. The van der Waals surface area contributed by atoms with Gasteiger partial charge in [-0.3, -0.25) is 9.59 Å². The number of nitrogens with one attached hydrogen (secondary N) is 3. The Morgan fingerprint density at radius 2 is 1.85 bits per heavy atom. The molecule has 0 saturated heterocycles. The van der Waals surface area contributed by atoms with E-state index in [1.165, 1.54) is 11.8 Å². The van der Waals surface area contributed by atoms with Gasteiger partial charge in [-0.05, 0) is 25.0 Å². The number of amides is 2. The number of anilines is 2. The Labute approximate surface area is 163 Å². The van der Waals surface area contributed by atoms with E-state index in [1.54, 1.807) is 13.0 Å². The zero-order valence-corrected chi connectivity index (χ0v) is 16.6. The van der Waals surface area contributed by atoms with Crippen molar-refractivity contribution in [2.24, 2.45) is 5.92 Å². The SMILES string of the molecule is Cc1cc(NC(=O)CSCC(=O)NCC(Nc2ccccc2)C(C)C)no1. The van der Waals surface area contributed by atoms with E-state index in [-0.39, 0.29) is 29.4 Å². The fraction of sp³-hybridized carbons (Fsp3) is 0.421. The summed E-state index contributed by atoms with van der Waals surface area (Å²) in [5.74, 6) is 1.46. The van der Waals surface area contributed by atoms with Gasteiger partial charge >= 0.3 is 0 Å². The summed E-state index contributed by atoms with van der Waals surface area (Å²) in [4.78, 5) is 23.9. The molecule has 1 aromatic carbocycles. The lowest BCUT2D eigenvalue weighted by atomic mass is 10.0. The van der Waals surface area contributed by atoms with Gasteiger partial charge in [0.05, 0.1) is 11.5 Å². The van der Waals surface area contributed by atoms with Crippen molar-refractivity contribution in [3.05, 3.63) is 42.2 Å². The molecule has 0 aliphatic carbocycles. The average Bonchev–Trinajstić information content (AvgIpc) is 3.03. The van der Waals surface area contributed by atoms with Crippen molar-refractivity contribution in [3.63, 3.8) is 0 Å². The Morgan fingerprint density at radius 1 is 1.15 bits per heavy atom. The van der Waals surface area contributed by atoms with Crippen molar-refractivity contribution >= 4 is 35.1 Å². The van der Waals surface area contributed by atoms with Gasteiger partial charge < -0.3 is 20.5 Å². The Morgan fingerprint density at radius 3 is 2.48 bits per heavy atom. The number of para-hydroxylation sites is 1. The molecule has 2 amide bonds. The second-order valence-electron chi connectivity index (χ2n) is 6.53. The highest BCUT2D eigenvalue weighted by Gasteiger charge is 2.15. The highest BCUT2D eigenvalue weighted by Crippen LogP contribution is 2.12. The number of thioether (sulfide) groups is 1. The predicted octanol–water partition coefficient (Wildman–Crippen LogP) is 2.91. The minimum absolute atomic E-state index is 0.0920. The summed E-state index contributed by atoms with van der Waals surface area (Å²) in [7, 11) is 0. The minimum Gasteiger partial charge on any atom is -0.380 e. The first-order valence-corrected chi connectivity index (χ1v) is 9.98. The van der Waals surface area contributed by atoms with Crippen LogP contribution >= 0.6 is 11.8 Å². The molecule has 3 N–H and O–H groups in total. The minimum atomic E-state index is -0.216. The molecule has 2 aromatic rings. The third-order valence-electron chi connectivity index (χ3n) is 3.81. The van der Waals surface area contributed by atoms with Gasteiger partial charge in [0, 0.05) is 24.3 Å². The van der Waals surface area contributed by atoms with Gasteiger partial charge in [-0.1, -0.05) is 37.2 Å². The van der Waals surface area contributed by atoms with E-state index in [2.05, 4.69) is 35.0 Å². The van der Waals surface area contributed by atoms with Crippen LogP contribution in [-0.2, 0) is 9.59 Å². The van der Waals surface area contributed by atoms with Gasteiger partial charge in [0.15, 0.2) is 5.82 Å². The van der Waals surface area contributed by atoms with Gasteiger partial charge in [0.2, 0.25) is 11.8 Å². The summed E-state index contributed by atoms with van der Waals surface area (Å²) < 4.78 is 4.88. The third kappa shape index (κ3) is 7.74. The third-order valence-corrected chi connectivity index (χ3v) is 4.74. The fourth-order valence-electron chi connectivity index (χ4n) is 2.32. The molecule has 27 heavy (non-hydrogen) atoms. The van der Waals surface area contributed by atoms with Gasteiger partial charge in [0.1, 0.15) is 5.76 Å². The maximum atomic E-state index is 12.0. The first-order valence-electron chi connectivity index (χ1n) is 8.83. The lowest BCUT2D eigenvalue weighted by Gasteiger charge is -2.24. The van der Waals surface area contributed by atoms with E-state index in [4.69, 9.17) is 4.52 Å². The maximum absolute atomic E-state index is 12.0. The first kappa shape index (κ1) is 20.8. The summed E-state index contributed by atoms with van der Waals surface area (Å²) in [6.07, 6.45) is 0. The topological polar surface area (TPSA) is 96.3 Å². The molecule has 1 aromatic heterocycles. The molecule has 8 heteroatoms. The van der Waals surface area contributed by atoms with Crippen LogP contribution in [0.1, 0.15) is 19.6 Å². The Balaban J connectivity index is 1.67. The van der Waals surface area contributed by atoms with Crippen LogP contribution < -0.4 is 16.0 Å². The molecule has 2 rings (SSSR count). The summed E-state index contributed by atoms with van der Waals surface area (Å²) in [5, 5.41) is 12.7. The Kier molecular flexibility index (Phi) is 8.19. The molecule has 0 aliphatic heterocycles. The number of benzene rings is 1. The average molecular weight is 391 g/mol. The quantitative estimate of drug-likeness (QED) is 0.577. The zero-order valence-electron chi connectivity index (χ0n) is 15.8. The predicted molar refractivity (Wildman–Crippen MR) is 109 cm³/mol. The summed E-state index contributed by atoms with van der Waals surface area (Å²) in [6.45, 7) is 6.49. The number of aryl methyl sites for hydroxylation is 1. The van der Waals surface area contributed by atoms with Crippen LogP contribution in [0.2, 0.25) is 0 Å². The lowest BCUT2D eigenvalue weighted by Crippen LogP contribution is -2.40. The zero-order chi connectivity index (χ0) is 19.6. The van der Waals surface area contributed by atoms with E-state index >= 15 is 0 Å². The van der Waals surface area contributed by atoms with Crippen LogP contribution in [0.3, 0.4) is 0 Å². The molecule has 0 saturated carbocycles. The number of carbonyl (C=O) groups is 2. The van der Waals surface area contributed by atoms with Crippen LogP contribution in [0.4, 0.5) is 11.5 Å². The number of rotatable bonds is 10. The molecule has 7 nitrogen and oxygen atoms in total.